The van der Waals surface area contributed by atoms with Crippen molar-refractivity contribution in [3.63, 3.8) is 0 Å². The molecule has 0 saturated carbocycles. The third-order valence-corrected chi connectivity index (χ3v) is 5.58. The van der Waals surface area contributed by atoms with Crippen molar-refractivity contribution in [3.05, 3.63) is 60.3 Å². The first kappa shape index (κ1) is 17.1. The second-order valence-electron chi connectivity index (χ2n) is 7.55. The summed E-state index contributed by atoms with van der Waals surface area (Å²) in [5.41, 5.74) is 7.81. The first-order valence-electron chi connectivity index (χ1n) is 10.0. The Bertz CT molecular complexity index is 1420. The molecule has 4 aromatic heterocycles. The molecule has 1 aromatic carbocycles. The van der Waals surface area contributed by atoms with Gasteiger partial charge in [0.15, 0.2) is 11.5 Å². The third kappa shape index (κ3) is 2.73. The highest BCUT2D eigenvalue weighted by atomic mass is 15.1. The summed E-state index contributed by atoms with van der Waals surface area (Å²) >= 11 is 0. The van der Waals surface area contributed by atoms with Crippen LogP contribution in [0, 0.1) is 6.92 Å². The van der Waals surface area contributed by atoms with E-state index in [1.807, 2.05) is 23.8 Å². The molecule has 0 bridgehead atoms. The van der Waals surface area contributed by atoms with Crippen LogP contribution in [-0.4, -0.2) is 47.8 Å². The molecule has 0 unspecified atom stereocenters. The summed E-state index contributed by atoms with van der Waals surface area (Å²) in [7, 11) is 0. The second kappa shape index (κ2) is 6.64. The SMILES string of the molecule is Cc1cn(-c2ccnc3nc(-c4n[nH]c5ccc(C6=CCNCC6)cc45)[nH]c23)cn1. The van der Waals surface area contributed by atoms with E-state index < -0.39 is 0 Å². The summed E-state index contributed by atoms with van der Waals surface area (Å²) in [6, 6.07) is 8.40. The van der Waals surface area contributed by atoms with Crippen LogP contribution in [-0.2, 0) is 0 Å². The number of pyridine rings is 1. The van der Waals surface area contributed by atoms with E-state index in [2.05, 4.69) is 54.7 Å². The molecule has 0 fully saturated rings. The van der Waals surface area contributed by atoms with E-state index in [0.717, 1.165) is 53.0 Å². The largest absolute Gasteiger partial charge is 0.333 e. The number of imidazole rings is 2. The molecule has 0 saturated heterocycles. The minimum atomic E-state index is 0.655. The molecule has 30 heavy (non-hydrogen) atoms. The maximum atomic E-state index is 4.73. The number of aromatic nitrogens is 7. The van der Waals surface area contributed by atoms with Crippen molar-refractivity contribution in [1.29, 1.82) is 0 Å². The molecule has 0 aliphatic carbocycles. The van der Waals surface area contributed by atoms with Crippen LogP contribution in [0.4, 0.5) is 0 Å². The highest BCUT2D eigenvalue weighted by molar-refractivity contribution is 5.95. The lowest BCUT2D eigenvalue weighted by Crippen LogP contribution is -2.19. The van der Waals surface area contributed by atoms with E-state index >= 15 is 0 Å². The Morgan fingerprint density at radius 2 is 2.10 bits per heavy atom. The van der Waals surface area contributed by atoms with Crippen molar-refractivity contribution < 1.29 is 0 Å². The summed E-state index contributed by atoms with van der Waals surface area (Å²) < 4.78 is 1.98. The Hall–Kier alpha value is -3.78. The van der Waals surface area contributed by atoms with Gasteiger partial charge in [-0.25, -0.2) is 15.0 Å². The summed E-state index contributed by atoms with van der Waals surface area (Å²) in [5, 5.41) is 12.1. The van der Waals surface area contributed by atoms with E-state index in [1.54, 1.807) is 12.5 Å². The Kier molecular flexibility index (Phi) is 3.78. The number of benzene rings is 1. The van der Waals surface area contributed by atoms with Gasteiger partial charge in [0.05, 0.1) is 23.2 Å². The summed E-state index contributed by atoms with van der Waals surface area (Å²) in [5.74, 6) is 0.699. The predicted octanol–water partition coefficient (Wildman–Crippen LogP) is 3.37. The van der Waals surface area contributed by atoms with Crippen molar-refractivity contribution in [2.45, 2.75) is 13.3 Å². The fraction of sp³-hybridized carbons (Fsp3) is 0.182. The molecule has 6 rings (SSSR count). The first-order valence-corrected chi connectivity index (χ1v) is 10.0. The van der Waals surface area contributed by atoms with Crippen LogP contribution < -0.4 is 5.32 Å². The quantitative estimate of drug-likeness (QED) is 0.434. The van der Waals surface area contributed by atoms with Gasteiger partial charge in [-0.15, -0.1) is 0 Å². The Labute approximate surface area is 172 Å². The van der Waals surface area contributed by atoms with Gasteiger partial charge in [-0.05, 0) is 49.2 Å². The lowest BCUT2D eigenvalue weighted by Gasteiger charge is -2.14. The number of aromatic amines is 2. The Balaban J connectivity index is 1.49. The van der Waals surface area contributed by atoms with Crippen LogP contribution in [0.5, 0.6) is 0 Å². The number of fused-ring (bicyclic) bond motifs is 2. The van der Waals surface area contributed by atoms with Crippen LogP contribution in [0.1, 0.15) is 17.7 Å². The maximum absolute atomic E-state index is 4.73. The average molecular weight is 396 g/mol. The Morgan fingerprint density at radius 3 is 2.93 bits per heavy atom. The monoisotopic (exact) mass is 396 g/mol. The average Bonchev–Trinajstić information content (AvgIpc) is 3.51. The van der Waals surface area contributed by atoms with Crippen LogP contribution >= 0.6 is 0 Å². The van der Waals surface area contributed by atoms with Crippen molar-refractivity contribution >= 4 is 27.6 Å². The lowest BCUT2D eigenvalue weighted by atomic mass is 9.98. The van der Waals surface area contributed by atoms with Gasteiger partial charge < -0.3 is 14.9 Å². The predicted molar refractivity (Wildman–Crippen MR) is 116 cm³/mol. The molecule has 1 aliphatic rings. The summed E-state index contributed by atoms with van der Waals surface area (Å²) in [6.07, 6.45) is 8.84. The minimum Gasteiger partial charge on any atom is -0.333 e. The van der Waals surface area contributed by atoms with Gasteiger partial charge in [0.1, 0.15) is 11.2 Å². The third-order valence-electron chi connectivity index (χ3n) is 5.58. The van der Waals surface area contributed by atoms with E-state index in [1.165, 1.54) is 11.1 Å². The molecule has 0 atom stereocenters. The molecule has 0 radical (unpaired) electrons. The molecule has 0 spiro atoms. The van der Waals surface area contributed by atoms with Gasteiger partial charge >= 0.3 is 0 Å². The maximum Gasteiger partial charge on any atom is 0.180 e. The molecular formula is C22H20N8. The number of nitrogens with one attached hydrogen (secondary N) is 3. The smallest absolute Gasteiger partial charge is 0.180 e. The Morgan fingerprint density at radius 1 is 1.13 bits per heavy atom. The molecule has 0 amide bonds. The van der Waals surface area contributed by atoms with E-state index in [9.17, 15) is 0 Å². The van der Waals surface area contributed by atoms with E-state index in [-0.39, 0.29) is 0 Å². The van der Waals surface area contributed by atoms with E-state index in [0.29, 0.717) is 11.5 Å². The number of hydrogen-bond donors (Lipinski definition) is 3. The van der Waals surface area contributed by atoms with Gasteiger partial charge in [-0.3, -0.25) is 5.10 Å². The zero-order valence-corrected chi connectivity index (χ0v) is 16.5. The highest BCUT2D eigenvalue weighted by Crippen LogP contribution is 2.30. The molecular weight excluding hydrogens is 376 g/mol. The van der Waals surface area contributed by atoms with Crippen LogP contribution in [0.25, 0.3) is 44.8 Å². The van der Waals surface area contributed by atoms with Crippen molar-refractivity contribution in [2.24, 2.45) is 0 Å². The number of aryl methyl sites for hydroxylation is 1. The molecule has 148 valence electrons. The minimum absolute atomic E-state index is 0.655. The molecule has 1 aliphatic heterocycles. The normalized spacial score (nSPS) is 14.5. The lowest BCUT2D eigenvalue weighted by molar-refractivity contribution is 0.739. The molecule has 8 heteroatoms. The zero-order chi connectivity index (χ0) is 20.1. The van der Waals surface area contributed by atoms with E-state index in [4.69, 9.17) is 4.98 Å². The van der Waals surface area contributed by atoms with Crippen LogP contribution in [0.15, 0.2) is 49.1 Å². The number of hydrogen-bond acceptors (Lipinski definition) is 5. The van der Waals surface area contributed by atoms with Crippen LogP contribution in [0.2, 0.25) is 0 Å². The molecule has 3 N–H and O–H groups in total. The molecule has 8 nitrogen and oxygen atoms in total. The van der Waals surface area contributed by atoms with Gasteiger partial charge in [0.2, 0.25) is 0 Å². The zero-order valence-electron chi connectivity index (χ0n) is 16.5. The van der Waals surface area contributed by atoms with Crippen molar-refractivity contribution in [1.82, 2.24) is 40.0 Å². The molecule has 5 heterocycles. The fourth-order valence-corrected chi connectivity index (χ4v) is 4.06. The van der Waals surface area contributed by atoms with Gasteiger partial charge in [-0.2, -0.15) is 5.10 Å². The fourth-order valence-electron chi connectivity index (χ4n) is 4.06. The van der Waals surface area contributed by atoms with Crippen LogP contribution in [0.3, 0.4) is 0 Å². The topological polar surface area (TPSA) is 100 Å². The first-order chi connectivity index (χ1) is 14.8. The summed E-state index contributed by atoms with van der Waals surface area (Å²) in [4.78, 5) is 16.9. The van der Waals surface area contributed by atoms with Crippen molar-refractivity contribution in [3.8, 4) is 17.2 Å². The second-order valence-corrected chi connectivity index (χ2v) is 7.55. The standard InChI is InChI=1S/C22H20N8/c1-13-11-30(12-25-13)18-6-9-24-21-20(18)26-22(27-21)19-16-10-15(2-3-17(16)28-29-19)14-4-7-23-8-5-14/h2-4,6,9-12,23H,5,7-8H2,1H3,(H,28,29)(H,24,26,27). The van der Waals surface area contributed by atoms with Gasteiger partial charge in [-0.1, -0.05) is 12.1 Å². The van der Waals surface area contributed by atoms with Gasteiger partial charge in [0, 0.05) is 24.3 Å². The summed E-state index contributed by atoms with van der Waals surface area (Å²) in [6.45, 7) is 3.89. The molecule has 5 aromatic rings. The highest BCUT2D eigenvalue weighted by Gasteiger charge is 2.17. The van der Waals surface area contributed by atoms with Crippen molar-refractivity contribution in [2.75, 3.05) is 13.1 Å². The number of H-pyrrole nitrogens is 2. The number of rotatable bonds is 3. The number of nitrogens with zero attached hydrogens (tertiary/aromatic N) is 5. The van der Waals surface area contributed by atoms with Gasteiger partial charge in [0.25, 0.3) is 0 Å².